The maximum Gasteiger partial charge on any atom is 0.324 e. The van der Waals surface area contributed by atoms with Gasteiger partial charge in [-0.25, -0.2) is 4.79 Å². The SMILES string of the molecule is COC(=O)CCc1ccc(CN(C(=O)N2CCOCC2)c2ccccc2)cc1. The Labute approximate surface area is 165 Å². The Kier molecular flexibility index (Phi) is 7.03. The number of methoxy groups -OCH3 is 1. The van der Waals surface area contributed by atoms with Crippen molar-refractivity contribution in [3.63, 3.8) is 0 Å². The maximum absolute atomic E-state index is 13.1. The van der Waals surface area contributed by atoms with Crippen molar-refractivity contribution in [1.82, 2.24) is 4.90 Å². The molecule has 3 rings (SSSR count). The Morgan fingerprint density at radius 3 is 2.29 bits per heavy atom. The number of aryl methyl sites for hydroxylation is 1. The van der Waals surface area contributed by atoms with Crippen LogP contribution in [-0.4, -0.2) is 50.3 Å². The standard InChI is InChI=1S/C22H26N2O4/c1-27-21(25)12-11-18-7-9-19(10-8-18)17-24(20-5-3-2-4-6-20)22(26)23-13-15-28-16-14-23/h2-10H,11-17H2,1H3. The van der Waals surface area contributed by atoms with E-state index in [1.807, 2.05) is 59.5 Å². The Balaban J connectivity index is 1.72. The molecule has 0 atom stereocenters. The molecule has 6 nitrogen and oxygen atoms in total. The Bertz CT molecular complexity index is 771. The first kappa shape index (κ1) is 19.9. The lowest BCUT2D eigenvalue weighted by molar-refractivity contribution is -0.140. The minimum Gasteiger partial charge on any atom is -0.469 e. The van der Waals surface area contributed by atoms with Gasteiger partial charge in [0.2, 0.25) is 0 Å². The molecular weight excluding hydrogens is 356 g/mol. The Hall–Kier alpha value is -2.86. The molecule has 0 aromatic heterocycles. The summed E-state index contributed by atoms with van der Waals surface area (Å²) in [4.78, 5) is 28.1. The number of anilines is 1. The molecule has 0 aliphatic carbocycles. The fourth-order valence-electron chi connectivity index (χ4n) is 3.15. The summed E-state index contributed by atoms with van der Waals surface area (Å²) in [6.45, 7) is 2.84. The zero-order valence-corrected chi connectivity index (χ0v) is 16.2. The number of amides is 2. The third kappa shape index (κ3) is 5.33. The van der Waals surface area contributed by atoms with Crippen LogP contribution in [0.15, 0.2) is 54.6 Å². The van der Waals surface area contributed by atoms with E-state index < -0.39 is 0 Å². The maximum atomic E-state index is 13.1. The van der Waals surface area contributed by atoms with E-state index in [0.29, 0.717) is 45.7 Å². The average molecular weight is 382 g/mol. The first-order valence-electron chi connectivity index (χ1n) is 9.51. The zero-order chi connectivity index (χ0) is 19.8. The molecule has 1 heterocycles. The molecule has 1 aliphatic rings. The van der Waals surface area contributed by atoms with Gasteiger partial charge in [0.25, 0.3) is 0 Å². The minimum absolute atomic E-state index is 0.00994. The third-order valence-electron chi connectivity index (χ3n) is 4.79. The van der Waals surface area contributed by atoms with Gasteiger partial charge in [0, 0.05) is 25.2 Å². The summed E-state index contributed by atoms with van der Waals surface area (Å²) >= 11 is 0. The van der Waals surface area contributed by atoms with Gasteiger partial charge < -0.3 is 14.4 Å². The van der Waals surface area contributed by atoms with Crippen LogP contribution in [0.2, 0.25) is 0 Å². The molecule has 2 aromatic rings. The van der Waals surface area contributed by atoms with Crippen LogP contribution in [0.1, 0.15) is 17.5 Å². The van der Waals surface area contributed by atoms with E-state index in [1.165, 1.54) is 7.11 Å². The van der Waals surface area contributed by atoms with E-state index in [1.54, 1.807) is 4.90 Å². The van der Waals surface area contributed by atoms with Gasteiger partial charge in [0.05, 0.1) is 26.9 Å². The molecular formula is C22H26N2O4. The monoisotopic (exact) mass is 382 g/mol. The molecule has 6 heteroatoms. The minimum atomic E-state index is -0.213. The lowest BCUT2D eigenvalue weighted by atomic mass is 10.1. The molecule has 28 heavy (non-hydrogen) atoms. The van der Waals surface area contributed by atoms with Gasteiger partial charge in [0.1, 0.15) is 0 Å². The summed E-state index contributed by atoms with van der Waals surface area (Å²) in [6.07, 6.45) is 1.00. The Morgan fingerprint density at radius 1 is 1.00 bits per heavy atom. The van der Waals surface area contributed by atoms with Gasteiger partial charge in [-0.3, -0.25) is 9.69 Å². The quantitative estimate of drug-likeness (QED) is 0.720. The number of morpholine rings is 1. The third-order valence-corrected chi connectivity index (χ3v) is 4.79. The molecule has 1 aliphatic heterocycles. The molecule has 0 radical (unpaired) electrons. The lowest BCUT2D eigenvalue weighted by Crippen LogP contribution is -2.48. The van der Waals surface area contributed by atoms with Crippen LogP contribution < -0.4 is 4.90 Å². The lowest BCUT2D eigenvalue weighted by Gasteiger charge is -2.33. The van der Waals surface area contributed by atoms with Crippen molar-refractivity contribution in [2.75, 3.05) is 38.3 Å². The number of carbonyl (C=O) groups is 2. The van der Waals surface area contributed by atoms with Crippen molar-refractivity contribution in [3.05, 3.63) is 65.7 Å². The zero-order valence-electron chi connectivity index (χ0n) is 16.2. The predicted molar refractivity (Wildman–Crippen MR) is 107 cm³/mol. The molecule has 2 aromatic carbocycles. The number of hydrogen-bond donors (Lipinski definition) is 0. The Morgan fingerprint density at radius 2 is 1.64 bits per heavy atom. The second kappa shape index (κ2) is 9.90. The summed E-state index contributed by atoms with van der Waals surface area (Å²) in [5, 5.41) is 0. The predicted octanol–water partition coefficient (Wildman–Crippen LogP) is 3.25. The number of benzene rings is 2. The summed E-state index contributed by atoms with van der Waals surface area (Å²) in [5.74, 6) is -0.213. The van der Waals surface area contributed by atoms with Crippen molar-refractivity contribution in [3.8, 4) is 0 Å². The first-order valence-corrected chi connectivity index (χ1v) is 9.51. The summed E-state index contributed by atoms with van der Waals surface area (Å²) in [5.41, 5.74) is 2.97. The molecule has 0 saturated carbocycles. The number of rotatable bonds is 6. The number of urea groups is 1. The topological polar surface area (TPSA) is 59.1 Å². The highest BCUT2D eigenvalue weighted by Crippen LogP contribution is 2.20. The van der Waals surface area contributed by atoms with Crippen LogP contribution in [0.4, 0.5) is 10.5 Å². The number of carbonyl (C=O) groups excluding carboxylic acids is 2. The molecule has 0 N–H and O–H groups in total. The van der Waals surface area contributed by atoms with E-state index in [9.17, 15) is 9.59 Å². The van der Waals surface area contributed by atoms with Crippen LogP contribution >= 0.6 is 0 Å². The number of hydrogen-bond acceptors (Lipinski definition) is 4. The van der Waals surface area contributed by atoms with Crippen LogP contribution in [-0.2, 0) is 27.2 Å². The number of esters is 1. The number of nitrogens with zero attached hydrogens (tertiary/aromatic N) is 2. The van der Waals surface area contributed by atoms with E-state index in [2.05, 4.69) is 4.74 Å². The van der Waals surface area contributed by atoms with Gasteiger partial charge in [-0.05, 0) is 29.7 Å². The van der Waals surface area contributed by atoms with Crippen molar-refractivity contribution >= 4 is 17.7 Å². The van der Waals surface area contributed by atoms with Crippen LogP contribution in [0.25, 0.3) is 0 Å². The van der Waals surface area contributed by atoms with Crippen LogP contribution in [0, 0.1) is 0 Å². The van der Waals surface area contributed by atoms with Gasteiger partial charge in [-0.2, -0.15) is 0 Å². The van der Waals surface area contributed by atoms with Crippen LogP contribution in [0.3, 0.4) is 0 Å². The van der Waals surface area contributed by atoms with Crippen molar-refractivity contribution < 1.29 is 19.1 Å². The number of ether oxygens (including phenoxy) is 2. The fraction of sp³-hybridized carbons (Fsp3) is 0.364. The molecule has 148 valence electrons. The highest BCUT2D eigenvalue weighted by Gasteiger charge is 2.24. The van der Waals surface area contributed by atoms with E-state index in [0.717, 1.165) is 16.8 Å². The fourth-order valence-corrected chi connectivity index (χ4v) is 3.15. The second-order valence-electron chi connectivity index (χ2n) is 6.70. The summed E-state index contributed by atoms with van der Waals surface area (Å²) < 4.78 is 10.1. The molecule has 0 spiro atoms. The van der Waals surface area contributed by atoms with Gasteiger partial charge in [0.15, 0.2) is 0 Å². The van der Waals surface area contributed by atoms with Crippen molar-refractivity contribution in [1.29, 1.82) is 0 Å². The molecule has 0 bridgehead atoms. The summed E-state index contributed by atoms with van der Waals surface area (Å²) in [7, 11) is 1.40. The molecule has 1 saturated heterocycles. The second-order valence-corrected chi connectivity index (χ2v) is 6.70. The van der Waals surface area contributed by atoms with Crippen molar-refractivity contribution in [2.45, 2.75) is 19.4 Å². The smallest absolute Gasteiger partial charge is 0.324 e. The first-order chi connectivity index (χ1) is 13.7. The van der Waals surface area contributed by atoms with Crippen molar-refractivity contribution in [2.24, 2.45) is 0 Å². The molecule has 0 unspecified atom stereocenters. The van der Waals surface area contributed by atoms with Gasteiger partial charge in [-0.1, -0.05) is 42.5 Å². The van der Waals surface area contributed by atoms with Gasteiger partial charge in [-0.15, -0.1) is 0 Å². The van der Waals surface area contributed by atoms with E-state index in [-0.39, 0.29) is 12.0 Å². The average Bonchev–Trinajstić information content (AvgIpc) is 2.77. The molecule has 2 amide bonds. The van der Waals surface area contributed by atoms with E-state index in [4.69, 9.17) is 4.74 Å². The van der Waals surface area contributed by atoms with Crippen LogP contribution in [0.5, 0.6) is 0 Å². The number of para-hydroxylation sites is 1. The highest BCUT2D eigenvalue weighted by atomic mass is 16.5. The highest BCUT2D eigenvalue weighted by molar-refractivity contribution is 5.92. The normalized spacial score (nSPS) is 13.8. The van der Waals surface area contributed by atoms with Gasteiger partial charge >= 0.3 is 12.0 Å². The largest absolute Gasteiger partial charge is 0.469 e. The van der Waals surface area contributed by atoms with E-state index >= 15 is 0 Å². The summed E-state index contributed by atoms with van der Waals surface area (Å²) in [6, 6.07) is 17.7. The molecule has 1 fully saturated rings.